The highest BCUT2D eigenvalue weighted by atomic mass is 35.5. The smallest absolute Gasteiger partial charge is 0.329 e. The van der Waals surface area contributed by atoms with Crippen molar-refractivity contribution in [2.24, 2.45) is 0 Å². The van der Waals surface area contributed by atoms with Crippen LogP contribution in [0.4, 0.5) is 0 Å². The van der Waals surface area contributed by atoms with Gasteiger partial charge in [-0.25, -0.2) is 0 Å². The Labute approximate surface area is 106 Å². The van der Waals surface area contributed by atoms with Gasteiger partial charge in [0, 0.05) is 5.02 Å². The Balaban J connectivity index is 2.74. The standard InChI is InChI=1S/C12H14Cl2O2/c1-12(2,3)16-11(15)10(14)8-4-6-9(13)7-5-8/h4-7,10H,1-3H3. The average Bonchev–Trinajstić information content (AvgIpc) is 2.15. The Morgan fingerprint density at radius 2 is 1.75 bits per heavy atom. The van der Waals surface area contributed by atoms with Crippen molar-refractivity contribution >= 4 is 29.2 Å². The van der Waals surface area contributed by atoms with E-state index in [2.05, 4.69) is 0 Å². The number of ether oxygens (including phenoxy) is 1. The second kappa shape index (κ2) is 5.07. The van der Waals surface area contributed by atoms with E-state index in [-0.39, 0.29) is 0 Å². The van der Waals surface area contributed by atoms with Gasteiger partial charge in [0.15, 0.2) is 5.38 Å². The Hall–Kier alpha value is -0.730. The van der Waals surface area contributed by atoms with E-state index >= 15 is 0 Å². The average molecular weight is 261 g/mol. The zero-order valence-corrected chi connectivity index (χ0v) is 11.0. The zero-order chi connectivity index (χ0) is 12.3. The number of carbonyl (C=O) groups is 1. The fraction of sp³-hybridized carbons (Fsp3) is 0.417. The molecule has 0 saturated carbocycles. The Morgan fingerprint density at radius 1 is 1.25 bits per heavy atom. The molecule has 1 aromatic rings. The van der Waals surface area contributed by atoms with E-state index < -0.39 is 16.9 Å². The van der Waals surface area contributed by atoms with Gasteiger partial charge in [-0.15, -0.1) is 11.6 Å². The van der Waals surface area contributed by atoms with Crippen LogP contribution in [0.15, 0.2) is 24.3 Å². The van der Waals surface area contributed by atoms with E-state index in [0.29, 0.717) is 10.6 Å². The number of halogens is 2. The van der Waals surface area contributed by atoms with Gasteiger partial charge in [0.1, 0.15) is 5.60 Å². The van der Waals surface area contributed by atoms with Crippen LogP contribution < -0.4 is 0 Å². The first kappa shape index (κ1) is 13.3. The van der Waals surface area contributed by atoms with Crippen LogP contribution in [0.1, 0.15) is 31.7 Å². The number of esters is 1. The maximum Gasteiger partial charge on any atom is 0.329 e. The monoisotopic (exact) mass is 260 g/mol. The first-order valence-corrected chi connectivity index (χ1v) is 5.73. The molecule has 0 heterocycles. The van der Waals surface area contributed by atoms with Gasteiger partial charge in [-0.3, -0.25) is 4.79 Å². The lowest BCUT2D eigenvalue weighted by Crippen LogP contribution is -2.26. The molecule has 1 rings (SSSR count). The third kappa shape index (κ3) is 4.03. The van der Waals surface area contributed by atoms with Crippen molar-refractivity contribution in [3.8, 4) is 0 Å². The van der Waals surface area contributed by atoms with Crippen molar-refractivity contribution < 1.29 is 9.53 Å². The molecule has 1 atom stereocenters. The lowest BCUT2D eigenvalue weighted by atomic mass is 10.1. The van der Waals surface area contributed by atoms with Gasteiger partial charge >= 0.3 is 5.97 Å². The van der Waals surface area contributed by atoms with Crippen molar-refractivity contribution in [1.29, 1.82) is 0 Å². The van der Waals surface area contributed by atoms with Crippen molar-refractivity contribution in [1.82, 2.24) is 0 Å². The molecule has 0 saturated heterocycles. The van der Waals surface area contributed by atoms with Gasteiger partial charge in [-0.05, 0) is 38.5 Å². The second-order valence-corrected chi connectivity index (χ2v) is 5.32. The summed E-state index contributed by atoms with van der Waals surface area (Å²) in [6.07, 6.45) is 0. The molecule has 4 heteroatoms. The summed E-state index contributed by atoms with van der Waals surface area (Å²) < 4.78 is 5.18. The summed E-state index contributed by atoms with van der Waals surface area (Å²) >= 11 is 11.7. The van der Waals surface area contributed by atoms with Crippen LogP contribution in [0, 0.1) is 0 Å². The molecule has 0 aromatic heterocycles. The first-order valence-electron chi connectivity index (χ1n) is 4.92. The SMILES string of the molecule is CC(C)(C)OC(=O)C(Cl)c1ccc(Cl)cc1. The number of carbonyl (C=O) groups excluding carboxylic acids is 1. The lowest BCUT2D eigenvalue weighted by Gasteiger charge is -2.21. The minimum absolute atomic E-state index is 0.448. The number of hydrogen-bond acceptors (Lipinski definition) is 2. The van der Waals surface area contributed by atoms with E-state index in [1.54, 1.807) is 45.0 Å². The fourth-order valence-corrected chi connectivity index (χ4v) is 1.44. The van der Waals surface area contributed by atoms with Gasteiger partial charge in [-0.1, -0.05) is 23.7 Å². The minimum atomic E-state index is -0.795. The lowest BCUT2D eigenvalue weighted by molar-refractivity contribution is -0.154. The first-order chi connectivity index (χ1) is 7.29. The summed E-state index contributed by atoms with van der Waals surface area (Å²) in [7, 11) is 0. The van der Waals surface area contributed by atoms with Gasteiger partial charge in [0.25, 0.3) is 0 Å². The van der Waals surface area contributed by atoms with Crippen LogP contribution in [-0.2, 0) is 9.53 Å². The Morgan fingerprint density at radius 3 is 2.19 bits per heavy atom. The molecule has 1 aromatic carbocycles. The van der Waals surface area contributed by atoms with Crippen molar-refractivity contribution in [2.75, 3.05) is 0 Å². The highest BCUT2D eigenvalue weighted by Crippen LogP contribution is 2.25. The molecule has 0 fully saturated rings. The minimum Gasteiger partial charge on any atom is -0.459 e. The van der Waals surface area contributed by atoms with Crippen LogP contribution in [0.2, 0.25) is 5.02 Å². The molecule has 0 aliphatic rings. The summed E-state index contributed by atoms with van der Waals surface area (Å²) in [5, 5.41) is -0.187. The third-order valence-electron chi connectivity index (χ3n) is 1.78. The van der Waals surface area contributed by atoms with Gasteiger partial charge in [0.2, 0.25) is 0 Å². The van der Waals surface area contributed by atoms with Crippen LogP contribution in [0.25, 0.3) is 0 Å². The topological polar surface area (TPSA) is 26.3 Å². The molecular formula is C12H14Cl2O2. The van der Waals surface area contributed by atoms with E-state index in [0.717, 1.165) is 0 Å². The van der Waals surface area contributed by atoms with Gasteiger partial charge in [0.05, 0.1) is 0 Å². The van der Waals surface area contributed by atoms with Crippen molar-refractivity contribution in [3.05, 3.63) is 34.9 Å². The number of benzene rings is 1. The second-order valence-electron chi connectivity index (χ2n) is 4.45. The summed E-state index contributed by atoms with van der Waals surface area (Å²) in [6, 6.07) is 6.81. The predicted molar refractivity (Wildman–Crippen MR) is 65.9 cm³/mol. The van der Waals surface area contributed by atoms with Crippen molar-refractivity contribution in [2.45, 2.75) is 31.7 Å². The highest BCUT2D eigenvalue weighted by Gasteiger charge is 2.24. The maximum absolute atomic E-state index is 11.7. The normalized spacial score (nSPS) is 13.3. The van der Waals surface area contributed by atoms with Gasteiger partial charge < -0.3 is 4.74 Å². The van der Waals surface area contributed by atoms with Crippen molar-refractivity contribution in [3.63, 3.8) is 0 Å². The summed E-state index contributed by atoms with van der Waals surface area (Å²) in [5.74, 6) is -0.448. The number of alkyl halides is 1. The third-order valence-corrected chi connectivity index (χ3v) is 2.46. The maximum atomic E-state index is 11.7. The molecule has 0 radical (unpaired) electrons. The van der Waals surface area contributed by atoms with Crippen LogP contribution in [-0.4, -0.2) is 11.6 Å². The Kier molecular flexibility index (Phi) is 4.22. The molecule has 0 amide bonds. The zero-order valence-electron chi connectivity index (χ0n) is 9.46. The van der Waals surface area contributed by atoms with Crippen LogP contribution in [0.3, 0.4) is 0 Å². The molecule has 2 nitrogen and oxygen atoms in total. The Bertz CT molecular complexity index is 366. The quantitative estimate of drug-likeness (QED) is 0.595. The fourth-order valence-electron chi connectivity index (χ4n) is 1.12. The molecular weight excluding hydrogens is 247 g/mol. The summed E-state index contributed by atoms with van der Waals surface area (Å²) in [5.41, 5.74) is 0.150. The largest absolute Gasteiger partial charge is 0.459 e. The van der Waals surface area contributed by atoms with Crippen LogP contribution >= 0.6 is 23.2 Å². The predicted octanol–water partition coefficient (Wildman–Crippen LogP) is 3.96. The number of hydrogen-bond donors (Lipinski definition) is 0. The number of rotatable bonds is 2. The van der Waals surface area contributed by atoms with E-state index in [4.69, 9.17) is 27.9 Å². The van der Waals surface area contributed by atoms with E-state index in [9.17, 15) is 4.79 Å². The molecule has 0 spiro atoms. The molecule has 0 aliphatic heterocycles. The molecule has 16 heavy (non-hydrogen) atoms. The molecule has 0 aliphatic carbocycles. The molecule has 88 valence electrons. The summed E-state index contributed by atoms with van der Waals surface area (Å²) in [4.78, 5) is 11.7. The summed E-state index contributed by atoms with van der Waals surface area (Å²) in [6.45, 7) is 5.41. The molecule has 0 bridgehead atoms. The van der Waals surface area contributed by atoms with Gasteiger partial charge in [-0.2, -0.15) is 0 Å². The highest BCUT2D eigenvalue weighted by molar-refractivity contribution is 6.31. The molecule has 0 N–H and O–H groups in total. The van der Waals surface area contributed by atoms with E-state index in [1.807, 2.05) is 0 Å². The van der Waals surface area contributed by atoms with Crippen LogP contribution in [0.5, 0.6) is 0 Å². The van der Waals surface area contributed by atoms with E-state index in [1.165, 1.54) is 0 Å². The molecule has 1 unspecified atom stereocenters.